The zero-order valence-corrected chi connectivity index (χ0v) is 13.8. The number of phenols is 1. The molecule has 5 heteroatoms. The van der Waals surface area contributed by atoms with Crippen molar-refractivity contribution in [2.45, 2.75) is 50.0 Å². The second kappa shape index (κ2) is 6.40. The van der Waals surface area contributed by atoms with Crippen LogP contribution in [0, 0.1) is 0 Å². The van der Waals surface area contributed by atoms with Crippen molar-refractivity contribution in [3.05, 3.63) is 47.4 Å². The van der Waals surface area contributed by atoms with Gasteiger partial charge >= 0.3 is 0 Å². The van der Waals surface area contributed by atoms with E-state index in [-0.39, 0.29) is 0 Å². The maximum atomic E-state index is 9.34. The number of rotatable bonds is 6. The summed E-state index contributed by atoms with van der Waals surface area (Å²) in [5.41, 5.74) is 8.28. The molecule has 4 rings (SSSR count). The molecule has 5 nitrogen and oxygen atoms in total. The summed E-state index contributed by atoms with van der Waals surface area (Å²) in [7, 11) is 0. The number of anilines is 1. The fourth-order valence-electron chi connectivity index (χ4n) is 3.21. The Bertz CT molecular complexity index is 706. The lowest BCUT2D eigenvalue weighted by atomic mass is 9.78. The number of hydrogen-bond acceptors (Lipinski definition) is 5. The molecule has 4 N–H and O–H groups in total. The summed E-state index contributed by atoms with van der Waals surface area (Å²) in [5, 5.41) is 12.8. The smallest absolute Gasteiger partial charge is 0.134 e. The largest absolute Gasteiger partial charge is 0.508 e. The normalized spacial score (nSPS) is 22.9. The predicted octanol–water partition coefficient (Wildman–Crippen LogP) is 2.92. The monoisotopic (exact) mass is 324 g/mol. The first kappa shape index (κ1) is 15.4. The molecule has 0 unspecified atom stereocenters. The van der Waals surface area contributed by atoms with E-state index in [1.54, 1.807) is 12.1 Å². The van der Waals surface area contributed by atoms with E-state index in [1.807, 2.05) is 12.1 Å². The van der Waals surface area contributed by atoms with Gasteiger partial charge in [-0.1, -0.05) is 12.1 Å². The quantitative estimate of drug-likeness (QED) is 0.761. The highest BCUT2D eigenvalue weighted by Crippen LogP contribution is 2.41. The van der Waals surface area contributed by atoms with Crippen molar-refractivity contribution in [1.82, 2.24) is 9.97 Å². The lowest BCUT2D eigenvalue weighted by Gasteiger charge is -2.32. The fraction of sp³-hybridized carbons (Fsp3) is 0.474. The summed E-state index contributed by atoms with van der Waals surface area (Å²) < 4.78 is 0. The van der Waals surface area contributed by atoms with Gasteiger partial charge in [0.2, 0.25) is 0 Å². The standard InChI is InChI=1S/C19H24N4O/c20-15-9-14(10-15)17-11-18(23-19(22-17)13-3-4-13)21-8-7-12-1-5-16(24)6-2-12/h1-2,5-6,11,13-15,24H,3-4,7-10,20H2,(H,21,22,23). The molecular weight excluding hydrogens is 300 g/mol. The molecule has 0 aliphatic heterocycles. The van der Waals surface area contributed by atoms with Gasteiger partial charge < -0.3 is 16.2 Å². The van der Waals surface area contributed by atoms with Gasteiger partial charge in [0.05, 0.1) is 0 Å². The number of aromatic nitrogens is 2. The zero-order valence-electron chi connectivity index (χ0n) is 13.8. The first-order valence-corrected chi connectivity index (χ1v) is 8.83. The lowest BCUT2D eigenvalue weighted by molar-refractivity contribution is 0.344. The molecule has 2 aromatic rings. The van der Waals surface area contributed by atoms with Crippen molar-refractivity contribution in [2.75, 3.05) is 11.9 Å². The molecule has 2 fully saturated rings. The van der Waals surface area contributed by atoms with E-state index < -0.39 is 0 Å². The third kappa shape index (κ3) is 3.51. The number of phenolic OH excluding ortho intramolecular Hbond substituents is 1. The molecule has 0 amide bonds. The van der Waals surface area contributed by atoms with Gasteiger partial charge in [0, 0.05) is 36.2 Å². The maximum Gasteiger partial charge on any atom is 0.134 e. The second-order valence-corrected chi connectivity index (χ2v) is 7.08. The lowest BCUT2D eigenvalue weighted by Crippen LogP contribution is -2.35. The van der Waals surface area contributed by atoms with Crippen molar-refractivity contribution in [3.63, 3.8) is 0 Å². The van der Waals surface area contributed by atoms with E-state index >= 15 is 0 Å². The van der Waals surface area contributed by atoms with E-state index in [0.717, 1.165) is 43.1 Å². The van der Waals surface area contributed by atoms with Crippen LogP contribution in [0.5, 0.6) is 5.75 Å². The molecule has 0 saturated heterocycles. The Morgan fingerprint density at radius 3 is 2.50 bits per heavy atom. The van der Waals surface area contributed by atoms with Crippen LogP contribution in [-0.4, -0.2) is 27.7 Å². The number of aromatic hydroxyl groups is 1. The maximum absolute atomic E-state index is 9.34. The van der Waals surface area contributed by atoms with Gasteiger partial charge in [-0.25, -0.2) is 9.97 Å². The van der Waals surface area contributed by atoms with Crippen molar-refractivity contribution >= 4 is 5.82 Å². The molecule has 2 aliphatic rings. The van der Waals surface area contributed by atoms with Crippen LogP contribution in [0.15, 0.2) is 30.3 Å². The van der Waals surface area contributed by atoms with Crippen molar-refractivity contribution < 1.29 is 5.11 Å². The van der Waals surface area contributed by atoms with Crippen LogP contribution in [0.2, 0.25) is 0 Å². The minimum atomic E-state index is 0.305. The summed E-state index contributed by atoms with van der Waals surface area (Å²) >= 11 is 0. The van der Waals surface area contributed by atoms with E-state index in [2.05, 4.69) is 11.4 Å². The van der Waals surface area contributed by atoms with E-state index in [9.17, 15) is 5.11 Å². The zero-order chi connectivity index (χ0) is 16.5. The molecule has 1 heterocycles. The number of nitrogens with one attached hydrogen (secondary N) is 1. The molecule has 0 radical (unpaired) electrons. The fourth-order valence-corrected chi connectivity index (χ4v) is 3.21. The van der Waals surface area contributed by atoms with Crippen LogP contribution in [0.1, 0.15) is 54.6 Å². The highest BCUT2D eigenvalue weighted by atomic mass is 16.3. The average molecular weight is 324 g/mol. The van der Waals surface area contributed by atoms with Crippen LogP contribution < -0.4 is 11.1 Å². The summed E-state index contributed by atoms with van der Waals surface area (Å²) in [5.74, 6) is 3.29. The molecule has 1 aromatic carbocycles. The highest BCUT2D eigenvalue weighted by molar-refractivity contribution is 5.39. The van der Waals surface area contributed by atoms with Gasteiger partial charge in [-0.2, -0.15) is 0 Å². The minimum absolute atomic E-state index is 0.305. The van der Waals surface area contributed by atoms with E-state index in [0.29, 0.717) is 23.6 Å². The van der Waals surface area contributed by atoms with Crippen molar-refractivity contribution in [2.24, 2.45) is 5.73 Å². The first-order chi connectivity index (χ1) is 11.7. The van der Waals surface area contributed by atoms with Crippen LogP contribution >= 0.6 is 0 Å². The van der Waals surface area contributed by atoms with Crippen LogP contribution in [0.3, 0.4) is 0 Å². The van der Waals surface area contributed by atoms with Crippen LogP contribution in [-0.2, 0) is 6.42 Å². The van der Waals surface area contributed by atoms with Gasteiger partial charge in [-0.3, -0.25) is 0 Å². The van der Waals surface area contributed by atoms with Crippen molar-refractivity contribution in [3.8, 4) is 5.75 Å². The Morgan fingerprint density at radius 1 is 1.08 bits per heavy atom. The third-order valence-corrected chi connectivity index (χ3v) is 4.95. The highest BCUT2D eigenvalue weighted by Gasteiger charge is 2.32. The number of hydrogen-bond donors (Lipinski definition) is 3. The summed E-state index contributed by atoms with van der Waals surface area (Å²) in [6.45, 7) is 0.815. The molecule has 0 bridgehead atoms. The predicted molar refractivity (Wildman–Crippen MR) is 94.3 cm³/mol. The average Bonchev–Trinajstić information content (AvgIpc) is 3.38. The molecule has 0 spiro atoms. The molecule has 0 atom stereocenters. The topological polar surface area (TPSA) is 84.1 Å². The van der Waals surface area contributed by atoms with Crippen molar-refractivity contribution in [1.29, 1.82) is 0 Å². The Balaban J connectivity index is 1.42. The molecular formula is C19H24N4O. The first-order valence-electron chi connectivity index (χ1n) is 8.83. The molecule has 126 valence electrons. The Hall–Kier alpha value is -2.14. The van der Waals surface area contributed by atoms with Crippen LogP contribution in [0.4, 0.5) is 5.82 Å². The molecule has 2 aliphatic carbocycles. The van der Waals surface area contributed by atoms with E-state index in [1.165, 1.54) is 18.4 Å². The summed E-state index contributed by atoms with van der Waals surface area (Å²) in [6, 6.07) is 9.79. The minimum Gasteiger partial charge on any atom is -0.508 e. The molecule has 2 saturated carbocycles. The van der Waals surface area contributed by atoms with Gasteiger partial charge in [-0.15, -0.1) is 0 Å². The summed E-state index contributed by atoms with van der Waals surface area (Å²) in [6.07, 6.45) is 5.38. The number of nitrogens with two attached hydrogens (primary N) is 1. The van der Waals surface area contributed by atoms with Gasteiger partial charge in [0.15, 0.2) is 0 Å². The van der Waals surface area contributed by atoms with Gasteiger partial charge in [0.25, 0.3) is 0 Å². The number of benzene rings is 1. The van der Waals surface area contributed by atoms with Gasteiger partial charge in [0.1, 0.15) is 17.4 Å². The summed E-state index contributed by atoms with van der Waals surface area (Å²) in [4.78, 5) is 9.50. The van der Waals surface area contributed by atoms with E-state index in [4.69, 9.17) is 15.7 Å². The van der Waals surface area contributed by atoms with Crippen LogP contribution in [0.25, 0.3) is 0 Å². The molecule has 1 aromatic heterocycles. The van der Waals surface area contributed by atoms with Gasteiger partial charge in [-0.05, 0) is 49.8 Å². The molecule has 24 heavy (non-hydrogen) atoms. The Morgan fingerprint density at radius 2 is 1.83 bits per heavy atom. The Labute approximate surface area is 142 Å². The SMILES string of the molecule is NC1CC(c2cc(NCCc3ccc(O)cc3)nc(C3CC3)n2)C1. The third-order valence-electron chi connectivity index (χ3n) is 4.95. The second-order valence-electron chi connectivity index (χ2n) is 7.08. The number of nitrogens with zero attached hydrogens (tertiary/aromatic N) is 2. The Kier molecular flexibility index (Phi) is 4.10.